The summed E-state index contributed by atoms with van der Waals surface area (Å²) in [7, 11) is -7.77. The van der Waals surface area contributed by atoms with E-state index in [1.807, 2.05) is 81.4 Å². The van der Waals surface area contributed by atoms with E-state index in [4.69, 9.17) is 18.9 Å². The van der Waals surface area contributed by atoms with Gasteiger partial charge in [-0.2, -0.15) is 0 Å². The molecule has 0 saturated carbocycles. The van der Waals surface area contributed by atoms with Gasteiger partial charge in [0.1, 0.15) is 41.2 Å². The highest BCUT2D eigenvalue weighted by atomic mass is 79.9. The van der Waals surface area contributed by atoms with Gasteiger partial charge in [-0.05, 0) is 128 Å². The Labute approximate surface area is 568 Å². The molecule has 4 amide bonds. The number of carbonyl (C=O) groups excluding carboxylic acids is 6. The van der Waals surface area contributed by atoms with Gasteiger partial charge in [0.15, 0.2) is 28.7 Å². The summed E-state index contributed by atoms with van der Waals surface area (Å²) in [6.45, 7) is 19.8. The monoisotopic (exact) mass is 1420 g/mol. The number of rotatable bonds is 15. The molecule has 27 heteroatoms. The van der Waals surface area contributed by atoms with Crippen molar-refractivity contribution in [2.45, 2.75) is 124 Å². The van der Waals surface area contributed by atoms with Crippen LogP contribution in [0.1, 0.15) is 97.9 Å². The van der Waals surface area contributed by atoms with Crippen molar-refractivity contribution in [2.24, 2.45) is 23.7 Å². The number of piperidine rings is 2. The Hall–Kier alpha value is -9.08. The maximum atomic E-state index is 13.8. The van der Waals surface area contributed by atoms with Gasteiger partial charge in [0.25, 0.3) is 20.0 Å². The predicted molar refractivity (Wildman–Crippen MR) is 367 cm³/mol. The van der Waals surface area contributed by atoms with E-state index in [0.29, 0.717) is 42.8 Å². The number of amides is 4. The second-order valence-corrected chi connectivity index (χ2v) is 29.4. The van der Waals surface area contributed by atoms with Crippen molar-refractivity contribution in [3.8, 4) is 0 Å². The van der Waals surface area contributed by atoms with E-state index in [1.165, 1.54) is 54.0 Å². The number of aryl methyl sites for hydroxylation is 2. The molecule has 2 fully saturated rings. The van der Waals surface area contributed by atoms with Gasteiger partial charge in [-0.15, -0.1) is 0 Å². The fraction of sp³-hybridized carbons (Fsp3) is 0.391. The highest BCUT2D eigenvalue weighted by Gasteiger charge is 2.38. The maximum absolute atomic E-state index is 13.8. The quantitative estimate of drug-likeness (QED) is 0.0737. The lowest BCUT2D eigenvalue weighted by molar-refractivity contribution is -0.125. The summed E-state index contributed by atoms with van der Waals surface area (Å²) in [4.78, 5) is 97.8. The Bertz CT molecular complexity index is 4260. The van der Waals surface area contributed by atoms with Crippen molar-refractivity contribution < 1.29 is 64.6 Å². The number of alkyl halides is 1. The average Bonchev–Trinajstić information content (AvgIpc) is 1.59. The molecule has 4 unspecified atom stereocenters. The first-order chi connectivity index (χ1) is 44.9. The first-order valence-corrected chi connectivity index (χ1v) is 34.8. The third kappa shape index (κ3) is 19.5. The zero-order valence-electron chi connectivity index (χ0n) is 54.7. The molecule has 2 aliphatic rings. The van der Waals surface area contributed by atoms with E-state index in [9.17, 15) is 45.6 Å². The molecule has 2 aliphatic heterocycles. The van der Waals surface area contributed by atoms with Crippen molar-refractivity contribution in [1.82, 2.24) is 37.7 Å². The summed E-state index contributed by atoms with van der Waals surface area (Å²) in [6, 6.07) is 34.9. The van der Waals surface area contributed by atoms with Crippen LogP contribution in [0.3, 0.4) is 0 Å². The van der Waals surface area contributed by atoms with Crippen LogP contribution in [-0.2, 0) is 61.8 Å². The van der Waals surface area contributed by atoms with Gasteiger partial charge in [-0.1, -0.05) is 133 Å². The minimum atomic E-state index is -3.97. The number of Topliss-reactive ketones (excluding diaryl/α,β-unsaturated/α-hetero) is 2. The van der Waals surface area contributed by atoms with Crippen molar-refractivity contribution in [3.05, 3.63) is 168 Å². The van der Waals surface area contributed by atoms with Crippen LogP contribution in [0.5, 0.6) is 0 Å². The smallest absolute Gasteiger partial charge is 0.416 e. The zero-order valence-corrected chi connectivity index (χ0v) is 57.9. The zero-order chi connectivity index (χ0) is 69.0. The van der Waals surface area contributed by atoms with Crippen LogP contribution >= 0.6 is 15.9 Å². The van der Waals surface area contributed by atoms with Crippen LogP contribution in [0, 0.1) is 37.5 Å². The van der Waals surface area contributed by atoms with Crippen LogP contribution < -0.4 is 10.2 Å². The van der Waals surface area contributed by atoms with Crippen molar-refractivity contribution >= 4 is 106 Å². The molecule has 24 nitrogen and oxygen atoms in total. The lowest BCUT2D eigenvalue weighted by Gasteiger charge is -2.36. The van der Waals surface area contributed by atoms with Crippen LogP contribution in [-0.4, -0.2) is 140 Å². The molecular formula is C69H83BrN10O14S2. The number of anilines is 2. The minimum absolute atomic E-state index is 0. The SMILES string of the molecule is C.CC1CCN(C(=O)OCc2ccccc2)CC1C(=O)CBr.Cc1ccc(S(=O)(=O)n2ccc3nc(N(CC(=O)C4CN(C(=O)OCc5ccccc5)CCC4C)C(=O)OC(C)(C)C)cnc32)cc1.Cc1ccc(S(=O)(=O)n2ccc3nc(NC(=O)OC(C)(C)C)cnc32)cc1. The van der Waals surface area contributed by atoms with Gasteiger partial charge in [0.2, 0.25) is 0 Å². The number of halogens is 1. The van der Waals surface area contributed by atoms with Crippen LogP contribution in [0.25, 0.3) is 22.3 Å². The first kappa shape index (κ1) is 74.3. The third-order valence-electron chi connectivity index (χ3n) is 15.5. The number of ketones is 2. The van der Waals surface area contributed by atoms with Gasteiger partial charge >= 0.3 is 24.4 Å². The van der Waals surface area contributed by atoms with Crippen LogP contribution in [0.2, 0.25) is 0 Å². The van der Waals surface area contributed by atoms with E-state index in [1.54, 1.807) is 82.8 Å². The highest BCUT2D eigenvalue weighted by molar-refractivity contribution is 9.09. The van der Waals surface area contributed by atoms with Gasteiger partial charge in [0, 0.05) is 50.4 Å². The molecule has 512 valence electrons. The van der Waals surface area contributed by atoms with E-state index in [2.05, 4.69) is 48.1 Å². The topological polar surface area (TPSA) is 291 Å². The number of benzene rings is 4. The minimum Gasteiger partial charge on any atom is -0.445 e. The van der Waals surface area contributed by atoms with Crippen LogP contribution in [0.4, 0.5) is 30.8 Å². The van der Waals surface area contributed by atoms with Crippen molar-refractivity contribution in [2.75, 3.05) is 48.3 Å². The van der Waals surface area contributed by atoms with E-state index >= 15 is 0 Å². The Morgan fingerprint density at radius 2 is 1.01 bits per heavy atom. The predicted octanol–water partition coefficient (Wildman–Crippen LogP) is 12.8. The largest absolute Gasteiger partial charge is 0.445 e. The molecule has 1 N–H and O–H groups in total. The van der Waals surface area contributed by atoms with Gasteiger partial charge in [0.05, 0.1) is 34.1 Å². The summed E-state index contributed by atoms with van der Waals surface area (Å²) in [6.07, 6.45) is 4.37. The van der Waals surface area contributed by atoms with Crippen molar-refractivity contribution in [1.29, 1.82) is 0 Å². The molecule has 0 radical (unpaired) electrons. The fourth-order valence-corrected chi connectivity index (χ4v) is 13.3. The maximum Gasteiger partial charge on any atom is 0.416 e. The number of ether oxygens (including phenoxy) is 4. The molecule has 2 saturated heterocycles. The van der Waals surface area contributed by atoms with E-state index in [0.717, 1.165) is 41.5 Å². The van der Waals surface area contributed by atoms with E-state index < -0.39 is 55.4 Å². The number of hydrogen-bond donors (Lipinski definition) is 1. The Morgan fingerprint density at radius 3 is 1.45 bits per heavy atom. The normalized spacial score (nSPS) is 16.5. The summed E-state index contributed by atoms with van der Waals surface area (Å²) in [5.74, 6) is -0.356. The molecule has 4 aromatic carbocycles. The number of nitrogens with one attached hydrogen (secondary N) is 1. The molecule has 0 bridgehead atoms. The standard InChI is InChI=1S/C34H39N5O7S.C18H20N4O4S.C16H20BrNO3.CH4/c1-23-11-13-26(14-12-23)47(43,44)39-18-16-28-31(39)35-19-30(36-28)38(33(42)46-34(3,4)5)21-29(40)27-20-37(17-15-24(27)2)32(41)45-22-25-9-7-6-8-10-25;1-12-5-7-13(8-6-12)27(24,25)22-10-9-14-16(22)19-11-15(20-14)21-17(23)26-18(2,3)4;1-12-7-8-18(10-14(12)15(19)9-17)16(20)21-11-13-5-3-2-4-6-13;/h6-14,16,18-19,24,27H,15,17,20-22H2,1-5H3;5-11H,1-4H3,(H,20,21,23);2-6,12,14H,7-11H2,1H3;1H4. The molecular weight excluding hydrogens is 1340 g/mol. The van der Waals surface area contributed by atoms with Crippen LogP contribution in [0.15, 0.2) is 156 Å². The number of aromatic nitrogens is 6. The molecule has 4 aromatic heterocycles. The lowest BCUT2D eigenvalue weighted by atomic mass is 9.84. The third-order valence-corrected chi connectivity index (χ3v) is 19.4. The number of nitrogens with zero attached hydrogens (tertiary/aromatic N) is 9. The number of hydrogen-bond acceptors (Lipinski definition) is 18. The Balaban J connectivity index is 0.000000224. The first-order valence-electron chi connectivity index (χ1n) is 30.8. The summed E-state index contributed by atoms with van der Waals surface area (Å²) >= 11 is 3.21. The second kappa shape index (κ2) is 32.1. The summed E-state index contributed by atoms with van der Waals surface area (Å²) in [5, 5.41) is 2.83. The lowest BCUT2D eigenvalue weighted by Crippen LogP contribution is -2.49. The summed E-state index contributed by atoms with van der Waals surface area (Å²) < 4.78 is 76.1. The van der Waals surface area contributed by atoms with E-state index in [-0.39, 0.29) is 101 Å². The molecule has 96 heavy (non-hydrogen) atoms. The highest BCUT2D eigenvalue weighted by Crippen LogP contribution is 2.30. The summed E-state index contributed by atoms with van der Waals surface area (Å²) in [5.41, 5.74) is 2.95. The van der Waals surface area contributed by atoms with Gasteiger partial charge in [-0.25, -0.2) is 63.9 Å². The van der Waals surface area contributed by atoms with Crippen molar-refractivity contribution in [3.63, 3.8) is 0 Å². The number of carbonyl (C=O) groups is 6. The van der Waals surface area contributed by atoms with Gasteiger partial charge in [-0.3, -0.25) is 19.8 Å². The molecule has 6 heterocycles. The Morgan fingerprint density at radius 1 is 0.583 bits per heavy atom. The Kier molecular flexibility index (Phi) is 24.9. The number of fused-ring (bicyclic) bond motifs is 2. The number of likely N-dealkylation sites (tertiary alicyclic amines) is 2. The molecule has 10 rings (SSSR count). The molecule has 8 aromatic rings. The fourth-order valence-electron chi connectivity index (χ4n) is 10.3. The molecule has 0 spiro atoms. The molecule has 0 aliphatic carbocycles. The van der Waals surface area contributed by atoms with Gasteiger partial charge < -0.3 is 28.7 Å². The average molecular weight is 1420 g/mol. The second-order valence-electron chi connectivity index (χ2n) is 25.2. The molecule has 4 atom stereocenters.